The summed E-state index contributed by atoms with van der Waals surface area (Å²) in [7, 11) is 0. The maximum atomic E-state index is 13.3. The Morgan fingerprint density at radius 2 is 2.10 bits per heavy atom. The maximum absolute atomic E-state index is 13.3. The molecule has 1 fully saturated rings. The van der Waals surface area contributed by atoms with Crippen molar-refractivity contribution in [3.05, 3.63) is 34.6 Å². The summed E-state index contributed by atoms with van der Waals surface area (Å²) in [5, 5.41) is 0.178. The van der Waals surface area contributed by atoms with Gasteiger partial charge < -0.3 is 5.73 Å². The van der Waals surface area contributed by atoms with Crippen molar-refractivity contribution in [3.8, 4) is 0 Å². The summed E-state index contributed by atoms with van der Waals surface area (Å²) in [6.45, 7) is 7.18. The van der Waals surface area contributed by atoms with Crippen LogP contribution in [0.1, 0.15) is 44.7 Å². The van der Waals surface area contributed by atoms with E-state index in [1.54, 1.807) is 12.1 Å². The minimum Gasteiger partial charge on any atom is -0.329 e. The van der Waals surface area contributed by atoms with E-state index < -0.39 is 0 Å². The van der Waals surface area contributed by atoms with Crippen LogP contribution in [0.2, 0.25) is 5.02 Å². The standard InChI is InChI=1S/C16H24ClFN2/c1-3-16(4-2)7-8-20(11-16)15(10-19)12-5-6-14(18)13(17)9-12/h5-6,9,15H,3-4,7-8,10-11,19H2,1-2H3. The zero-order valence-corrected chi connectivity index (χ0v) is 13.1. The van der Waals surface area contributed by atoms with Gasteiger partial charge in [0.1, 0.15) is 5.82 Å². The average Bonchev–Trinajstić information content (AvgIpc) is 2.88. The zero-order chi connectivity index (χ0) is 14.8. The summed E-state index contributed by atoms with van der Waals surface area (Å²) in [5.41, 5.74) is 7.40. The van der Waals surface area contributed by atoms with Gasteiger partial charge in [-0.2, -0.15) is 0 Å². The highest BCUT2D eigenvalue weighted by molar-refractivity contribution is 6.30. The van der Waals surface area contributed by atoms with Crippen LogP contribution in [-0.4, -0.2) is 24.5 Å². The fourth-order valence-corrected chi connectivity index (χ4v) is 3.47. The van der Waals surface area contributed by atoms with E-state index in [2.05, 4.69) is 18.7 Å². The smallest absolute Gasteiger partial charge is 0.141 e. The van der Waals surface area contributed by atoms with E-state index in [0.717, 1.165) is 18.7 Å². The lowest BCUT2D eigenvalue weighted by atomic mass is 9.82. The summed E-state index contributed by atoms with van der Waals surface area (Å²) in [5.74, 6) is -0.371. The van der Waals surface area contributed by atoms with E-state index in [1.807, 2.05) is 0 Å². The predicted octanol–water partition coefficient (Wildman–Crippen LogP) is 3.99. The number of nitrogens with two attached hydrogens (primary N) is 1. The first kappa shape index (κ1) is 15.7. The Hall–Kier alpha value is -0.640. The van der Waals surface area contributed by atoms with Crippen molar-refractivity contribution in [2.45, 2.75) is 39.2 Å². The van der Waals surface area contributed by atoms with Gasteiger partial charge in [0.15, 0.2) is 0 Å². The van der Waals surface area contributed by atoms with Gasteiger partial charge in [-0.05, 0) is 48.9 Å². The third-order valence-electron chi connectivity index (χ3n) is 4.96. The number of nitrogens with zero attached hydrogens (tertiary/aromatic N) is 1. The molecule has 1 aliphatic rings. The van der Waals surface area contributed by atoms with Crippen molar-refractivity contribution in [1.82, 2.24) is 4.90 Å². The molecule has 0 spiro atoms. The molecule has 0 aromatic heterocycles. The number of hydrogen-bond donors (Lipinski definition) is 1. The molecule has 1 aliphatic heterocycles. The second-order valence-corrected chi connectivity index (χ2v) is 6.26. The van der Waals surface area contributed by atoms with Crippen LogP contribution in [0.4, 0.5) is 4.39 Å². The molecule has 2 nitrogen and oxygen atoms in total. The molecule has 0 aliphatic carbocycles. The maximum Gasteiger partial charge on any atom is 0.141 e. The molecular weight excluding hydrogens is 275 g/mol. The van der Waals surface area contributed by atoms with Crippen molar-refractivity contribution < 1.29 is 4.39 Å². The molecule has 20 heavy (non-hydrogen) atoms. The van der Waals surface area contributed by atoms with Crippen LogP contribution in [0.15, 0.2) is 18.2 Å². The lowest BCUT2D eigenvalue weighted by molar-refractivity contribution is 0.197. The number of likely N-dealkylation sites (tertiary alicyclic amines) is 1. The number of halogens is 2. The van der Waals surface area contributed by atoms with Gasteiger partial charge in [-0.15, -0.1) is 0 Å². The van der Waals surface area contributed by atoms with E-state index >= 15 is 0 Å². The number of hydrogen-bond acceptors (Lipinski definition) is 2. The zero-order valence-electron chi connectivity index (χ0n) is 12.3. The van der Waals surface area contributed by atoms with Crippen LogP contribution in [0.5, 0.6) is 0 Å². The van der Waals surface area contributed by atoms with Gasteiger partial charge in [0.05, 0.1) is 5.02 Å². The second kappa shape index (κ2) is 6.42. The summed E-state index contributed by atoms with van der Waals surface area (Å²) >= 11 is 5.90. The molecule has 1 aromatic carbocycles. The van der Waals surface area contributed by atoms with Crippen LogP contribution in [-0.2, 0) is 0 Å². The molecule has 1 aromatic rings. The second-order valence-electron chi connectivity index (χ2n) is 5.85. The van der Waals surface area contributed by atoms with E-state index in [9.17, 15) is 4.39 Å². The molecular formula is C16H24ClFN2. The third kappa shape index (κ3) is 3.00. The van der Waals surface area contributed by atoms with E-state index in [1.165, 1.54) is 25.3 Å². The third-order valence-corrected chi connectivity index (χ3v) is 5.25. The van der Waals surface area contributed by atoms with Crippen molar-refractivity contribution in [2.75, 3.05) is 19.6 Å². The van der Waals surface area contributed by atoms with Gasteiger partial charge in [0, 0.05) is 19.1 Å². The lowest BCUT2D eigenvalue weighted by Gasteiger charge is -2.31. The lowest BCUT2D eigenvalue weighted by Crippen LogP contribution is -2.34. The summed E-state index contributed by atoms with van der Waals surface area (Å²) < 4.78 is 13.3. The topological polar surface area (TPSA) is 29.3 Å². The van der Waals surface area contributed by atoms with Crippen LogP contribution < -0.4 is 5.73 Å². The molecule has 1 atom stereocenters. The molecule has 112 valence electrons. The van der Waals surface area contributed by atoms with Crippen molar-refractivity contribution in [1.29, 1.82) is 0 Å². The van der Waals surface area contributed by atoms with Crippen molar-refractivity contribution in [2.24, 2.45) is 11.1 Å². The number of benzene rings is 1. The quantitative estimate of drug-likeness (QED) is 0.890. The minimum absolute atomic E-state index is 0.132. The molecule has 2 rings (SSSR count). The first-order valence-electron chi connectivity index (χ1n) is 7.44. The molecule has 1 saturated heterocycles. The largest absolute Gasteiger partial charge is 0.329 e. The fourth-order valence-electron chi connectivity index (χ4n) is 3.28. The van der Waals surface area contributed by atoms with Gasteiger partial charge >= 0.3 is 0 Å². The van der Waals surface area contributed by atoms with Crippen LogP contribution in [0.3, 0.4) is 0 Å². The van der Waals surface area contributed by atoms with Gasteiger partial charge in [0.25, 0.3) is 0 Å². The first-order chi connectivity index (χ1) is 9.55. The summed E-state index contributed by atoms with van der Waals surface area (Å²) in [6, 6.07) is 5.08. The van der Waals surface area contributed by atoms with E-state index in [4.69, 9.17) is 17.3 Å². The normalized spacial score (nSPS) is 20.2. The van der Waals surface area contributed by atoms with Crippen LogP contribution >= 0.6 is 11.6 Å². The van der Waals surface area contributed by atoms with Gasteiger partial charge in [-0.3, -0.25) is 4.90 Å². The van der Waals surface area contributed by atoms with Crippen molar-refractivity contribution in [3.63, 3.8) is 0 Å². The Bertz CT molecular complexity index is 460. The molecule has 2 N–H and O–H groups in total. The molecule has 1 heterocycles. The highest BCUT2D eigenvalue weighted by Crippen LogP contribution is 2.40. The minimum atomic E-state index is -0.371. The molecule has 0 saturated carbocycles. The molecule has 0 amide bonds. The Morgan fingerprint density at radius 1 is 1.40 bits per heavy atom. The van der Waals surface area contributed by atoms with Gasteiger partial charge in [-0.25, -0.2) is 4.39 Å². The molecule has 0 bridgehead atoms. The van der Waals surface area contributed by atoms with Crippen LogP contribution in [0.25, 0.3) is 0 Å². The SMILES string of the molecule is CCC1(CC)CCN(C(CN)c2ccc(F)c(Cl)c2)C1. The van der Waals surface area contributed by atoms with Crippen LogP contribution in [0, 0.1) is 11.2 Å². The summed E-state index contributed by atoms with van der Waals surface area (Å²) in [6.07, 6.45) is 3.61. The van der Waals surface area contributed by atoms with E-state index in [-0.39, 0.29) is 16.9 Å². The van der Waals surface area contributed by atoms with E-state index in [0.29, 0.717) is 12.0 Å². The Labute approximate surface area is 126 Å². The molecule has 0 radical (unpaired) electrons. The Balaban J connectivity index is 2.19. The Morgan fingerprint density at radius 3 is 2.60 bits per heavy atom. The first-order valence-corrected chi connectivity index (χ1v) is 7.82. The Kier molecular flexibility index (Phi) is 5.05. The highest BCUT2D eigenvalue weighted by atomic mass is 35.5. The summed E-state index contributed by atoms with van der Waals surface area (Å²) in [4.78, 5) is 2.43. The average molecular weight is 299 g/mol. The van der Waals surface area contributed by atoms with Crippen molar-refractivity contribution >= 4 is 11.6 Å². The fraction of sp³-hybridized carbons (Fsp3) is 0.625. The molecule has 1 unspecified atom stereocenters. The predicted molar refractivity (Wildman–Crippen MR) is 82.4 cm³/mol. The number of rotatable bonds is 5. The molecule has 4 heteroatoms. The van der Waals surface area contributed by atoms with Gasteiger partial charge in [0.2, 0.25) is 0 Å². The highest BCUT2D eigenvalue weighted by Gasteiger charge is 2.37. The van der Waals surface area contributed by atoms with Gasteiger partial charge in [-0.1, -0.05) is 31.5 Å². The monoisotopic (exact) mass is 298 g/mol.